The van der Waals surface area contributed by atoms with Crippen LogP contribution < -0.4 is 5.32 Å². The summed E-state index contributed by atoms with van der Waals surface area (Å²) in [5, 5.41) is 21.2. The summed E-state index contributed by atoms with van der Waals surface area (Å²) < 4.78 is 0. The monoisotopic (exact) mass is 424 g/mol. The number of fused-ring (bicyclic) bond motifs is 1. The van der Waals surface area contributed by atoms with E-state index in [0.29, 0.717) is 22.0 Å². The van der Waals surface area contributed by atoms with E-state index in [1.165, 1.54) is 6.08 Å². The number of aromatic hydroxyl groups is 1. The van der Waals surface area contributed by atoms with Gasteiger partial charge in [0.15, 0.2) is 5.69 Å². The Balaban J connectivity index is 1.66. The van der Waals surface area contributed by atoms with Gasteiger partial charge in [0.1, 0.15) is 5.70 Å². The number of azo groups is 1. The number of aromatic amines is 1. The van der Waals surface area contributed by atoms with E-state index < -0.39 is 11.8 Å². The van der Waals surface area contributed by atoms with Crippen LogP contribution >= 0.6 is 0 Å². The van der Waals surface area contributed by atoms with Crippen LogP contribution in [0.2, 0.25) is 0 Å². The van der Waals surface area contributed by atoms with Crippen molar-refractivity contribution in [3.8, 4) is 5.88 Å². The normalized spacial score (nSPS) is 11.7. The summed E-state index contributed by atoms with van der Waals surface area (Å²) in [7, 11) is 0. The summed E-state index contributed by atoms with van der Waals surface area (Å²) in [4.78, 5) is 28.4. The molecular weight excluding hydrogens is 404 g/mol. The van der Waals surface area contributed by atoms with Crippen LogP contribution in [0.1, 0.15) is 21.5 Å². The SMILES string of the molecule is Cc1cccc2c(N=NC(=O)/C(=C\c3ccccc3)NC(=O)c3ccccc3)c(O)[nH]c12. The molecule has 0 bridgehead atoms. The van der Waals surface area contributed by atoms with Gasteiger partial charge in [0.05, 0.1) is 5.52 Å². The number of nitrogens with one attached hydrogen (secondary N) is 2. The molecule has 0 unspecified atom stereocenters. The molecule has 0 atom stereocenters. The van der Waals surface area contributed by atoms with E-state index in [1.54, 1.807) is 48.5 Å². The highest BCUT2D eigenvalue weighted by Crippen LogP contribution is 2.36. The third-order valence-electron chi connectivity index (χ3n) is 4.86. The van der Waals surface area contributed by atoms with Crippen LogP contribution in [-0.4, -0.2) is 21.9 Å². The number of aromatic nitrogens is 1. The molecule has 4 aromatic rings. The zero-order chi connectivity index (χ0) is 22.5. The molecule has 0 saturated heterocycles. The maximum atomic E-state index is 12.9. The van der Waals surface area contributed by atoms with E-state index in [1.807, 2.05) is 37.3 Å². The number of carbonyl (C=O) groups excluding carboxylic acids is 2. The maximum absolute atomic E-state index is 12.9. The van der Waals surface area contributed by atoms with Crippen molar-refractivity contribution in [2.45, 2.75) is 6.92 Å². The number of rotatable bonds is 5. The van der Waals surface area contributed by atoms with E-state index in [2.05, 4.69) is 20.5 Å². The Labute approximate surface area is 184 Å². The van der Waals surface area contributed by atoms with Crippen molar-refractivity contribution in [1.82, 2.24) is 10.3 Å². The van der Waals surface area contributed by atoms with Gasteiger partial charge in [0.2, 0.25) is 5.88 Å². The first-order valence-electron chi connectivity index (χ1n) is 9.92. The van der Waals surface area contributed by atoms with Gasteiger partial charge in [-0.15, -0.1) is 10.2 Å². The molecule has 4 rings (SSSR count). The number of aryl methyl sites for hydroxylation is 1. The molecule has 3 aromatic carbocycles. The van der Waals surface area contributed by atoms with Crippen LogP contribution in [0.5, 0.6) is 5.88 Å². The minimum absolute atomic E-state index is 0.0377. The summed E-state index contributed by atoms with van der Waals surface area (Å²) in [6.07, 6.45) is 1.53. The third kappa shape index (κ3) is 4.46. The molecule has 2 amide bonds. The number of benzene rings is 3. The van der Waals surface area contributed by atoms with E-state index in [0.717, 1.165) is 5.56 Å². The van der Waals surface area contributed by atoms with Gasteiger partial charge in [-0.2, -0.15) is 0 Å². The number of para-hydroxylation sites is 1. The predicted molar refractivity (Wildman–Crippen MR) is 123 cm³/mol. The van der Waals surface area contributed by atoms with Gasteiger partial charge in [-0.25, -0.2) is 0 Å². The summed E-state index contributed by atoms with van der Waals surface area (Å²) in [6, 6.07) is 23.1. The summed E-state index contributed by atoms with van der Waals surface area (Å²) in [5.41, 5.74) is 2.87. The molecule has 0 fully saturated rings. The predicted octanol–water partition coefficient (Wildman–Crippen LogP) is 5.26. The topological polar surface area (TPSA) is 107 Å². The standard InChI is InChI=1S/C25H20N4O3/c1-16-9-8-14-19-21(16)27-25(32)22(19)28-29-24(31)20(15-17-10-4-2-5-11-17)26-23(30)18-12-6-3-7-13-18/h2-15,27,32H,1H3,(H,26,30)/b20-15+,29-28?. The number of hydrogen-bond donors (Lipinski definition) is 3. The molecule has 0 aliphatic carbocycles. The molecule has 0 aliphatic rings. The Morgan fingerprint density at radius 1 is 0.938 bits per heavy atom. The maximum Gasteiger partial charge on any atom is 0.311 e. The molecule has 32 heavy (non-hydrogen) atoms. The molecule has 1 aromatic heterocycles. The highest BCUT2D eigenvalue weighted by atomic mass is 16.3. The Bertz CT molecular complexity index is 1340. The fraction of sp³-hybridized carbons (Fsp3) is 0.0400. The molecule has 0 spiro atoms. The van der Waals surface area contributed by atoms with Crippen molar-refractivity contribution in [2.24, 2.45) is 10.2 Å². The first-order valence-corrected chi connectivity index (χ1v) is 9.92. The van der Waals surface area contributed by atoms with Crippen molar-refractivity contribution in [2.75, 3.05) is 0 Å². The lowest BCUT2D eigenvalue weighted by molar-refractivity contribution is -0.115. The first kappa shape index (κ1) is 20.7. The summed E-state index contributed by atoms with van der Waals surface area (Å²) in [5.74, 6) is -1.38. The van der Waals surface area contributed by atoms with Gasteiger partial charge in [-0.05, 0) is 36.3 Å². The molecule has 0 radical (unpaired) electrons. The quantitative estimate of drug-likeness (QED) is 0.300. The fourth-order valence-electron chi connectivity index (χ4n) is 3.24. The minimum atomic E-state index is -0.750. The lowest BCUT2D eigenvalue weighted by Crippen LogP contribution is -2.26. The molecule has 3 N–H and O–H groups in total. The van der Waals surface area contributed by atoms with Crippen LogP contribution in [0, 0.1) is 6.92 Å². The van der Waals surface area contributed by atoms with Crippen molar-refractivity contribution in [3.05, 3.63) is 101 Å². The zero-order valence-corrected chi connectivity index (χ0v) is 17.2. The first-order chi connectivity index (χ1) is 15.5. The van der Waals surface area contributed by atoms with Crippen LogP contribution in [0.15, 0.2) is 94.8 Å². The molecule has 158 valence electrons. The average Bonchev–Trinajstić information content (AvgIpc) is 3.14. The molecule has 7 nitrogen and oxygen atoms in total. The van der Waals surface area contributed by atoms with Crippen molar-refractivity contribution >= 4 is 34.5 Å². The minimum Gasteiger partial charge on any atom is -0.493 e. The Morgan fingerprint density at radius 2 is 1.62 bits per heavy atom. The largest absolute Gasteiger partial charge is 0.493 e. The molecule has 7 heteroatoms. The van der Waals surface area contributed by atoms with Crippen molar-refractivity contribution in [3.63, 3.8) is 0 Å². The van der Waals surface area contributed by atoms with E-state index >= 15 is 0 Å². The van der Waals surface area contributed by atoms with Crippen LogP contribution in [0.4, 0.5) is 5.69 Å². The molecule has 1 heterocycles. The van der Waals surface area contributed by atoms with Crippen LogP contribution in [0.3, 0.4) is 0 Å². The fourth-order valence-corrected chi connectivity index (χ4v) is 3.24. The summed E-state index contributed by atoms with van der Waals surface area (Å²) in [6.45, 7) is 1.89. The lowest BCUT2D eigenvalue weighted by atomic mass is 10.1. The number of H-pyrrole nitrogens is 1. The number of amides is 2. The van der Waals surface area contributed by atoms with Gasteiger partial charge in [-0.3, -0.25) is 9.59 Å². The van der Waals surface area contributed by atoms with Gasteiger partial charge < -0.3 is 15.4 Å². The third-order valence-corrected chi connectivity index (χ3v) is 4.86. The highest BCUT2D eigenvalue weighted by molar-refractivity contribution is 6.05. The van der Waals surface area contributed by atoms with Gasteiger partial charge in [-0.1, -0.05) is 66.7 Å². The van der Waals surface area contributed by atoms with E-state index in [9.17, 15) is 14.7 Å². The van der Waals surface area contributed by atoms with Gasteiger partial charge >= 0.3 is 5.91 Å². The Morgan fingerprint density at radius 3 is 2.34 bits per heavy atom. The van der Waals surface area contributed by atoms with Gasteiger partial charge in [0.25, 0.3) is 5.91 Å². The number of nitrogens with zero attached hydrogens (tertiary/aromatic N) is 2. The second-order valence-corrected chi connectivity index (χ2v) is 7.11. The van der Waals surface area contributed by atoms with Crippen LogP contribution in [0.25, 0.3) is 17.0 Å². The molecule has 0 saturated carbocycles. The Hall–Kier alpha value is -4.52. The molecular formula is C25H20N4O3. The molecule has 0 aliphatic heterocycles. The van der Waals surface area contributed by atoms with Crippen molar-refractivity contribution < 1.29 is 14.7 Å². The highest BCUT2D eigenvalue weighted by Gasteiger charge is 2.16. The number of hydrogen-bond acceptors (Lipinski definition) is 4. The van der Waals surface area contributed by atoms with Crippen molar-refractivity contribution in [1.29, 1.82) is 0 Å². The zero-order valence-electron chi connectivity index (χ0n) is 17.2. The van der Waals surface area contributed by atoms with E-state index in [-0.39, 0.29) is 17.3 Å². The average molecular weight is 424 g/mol. The number of carbonyl (C=O) groups is 2. The Kier molecular flexibility index (Phi) is 5.89. The second kappa shape index (κ2) is 9.09. The van der Waals surface area contributed by atoms with Crippen LogP contribution in [-0.2, 0) is 4.79 Å². The second-order valence-electron chi connectivity index (χ2n) is 7.11. The van der Waals surface area contributed by atoms with E-state index in [4.69, 9.17) is 0 Å². The van der Waals surface area contributed by atoms with Gasteiger partial charge in [0, 0.05) is 10.9 Å². The summed E-state index contributed by atoms with van der Waals surface area (Å²) >= 11 is 0. The lowest BCUT2D eigenvalue weighted by Gasteiger charge is -2.07. The smallest absolute Gasteiger partial charge is 0.311 e.